The third-order valence-corrected chi connectivity index (χ3v) is 4.70. The number of primary amides is 1. The van der Waals surface area contributed by atoms with Crippen LogP contribution in [0.4, 0.5) is 0 Å². The van der Waals surface area contributed by atoms with Crippen LogP contribution >= 0.6 is 0 Å². The molecule has 0 bridgehead atoms. The first-order chi connectivity index (χ1) is 8.99. The molecule has 1 saturated carbocycles. The van der Waals surface area contributed by atoms with Crippen molar-refractivity contribution in [3.63, 3.8) is 0 Å². The topological polar surface area (TPSA) is 83.6 Å². The van der Waals surface area contributed by atoms with Crippen molar-refractivity contribution in [2.75, 3.05) is 19.7 Å². The lowest BCUT2D eigenvalue weighted by Crippen LogP contribution is -2.52. The van der Waals surface area contributed by atoms with E-state index in [0.29, 0.717) is 25.9 Å². The second-order valence-electron chi connectivity index (χ2n) is 6.18. The quantitative estimate of drug-likeness (QED) is 0.718. The van der Waals surface area contributed by atoms with Crippen molar-refractivity contribution in [3.05, 3.63) is 0 Å². The van der Waals surface area contributed by atoms with Crippen LogP contribution in [0.1, 0.15) is 45.4 Å². The minimum Gasteiger partial charge on any atom is -0.396 e. The number of hydrogen-bond donors (Lipinski definition) is 2. The average molecular weight is 268 g/mol. The molecule has 0 radical (unpaired) electrons. The van der Waals surface area contributed by atoms with E-state index in [-0.39, 0.29) is 17.9 Å². The van der Waals surface area contributed by atoms with Gasteiger partial charge in [-0.3, -0.25) is 9.59 Å². The predicted octanol–water partition coefficient (Wildman–Crippen LogP) is 0.653. The molecule has 1 unspecified atom stereocenters. The van der Waals surface area contributed by atoms with Gasteiger partial charge in [-0.15, -0.1) is 0 Å². The SMILES string of the molecule is CCCC1(CO)CCCN(C(=O)C2(C(N)=O)CC2)C1. The van der Waals surface area contributed by atoms with Crippen LogP contribution < -0.4 is 5.73 Å². The monoisotopic (exact) mass is 268 g/mol. The molecule has 0 aromatic heterocycles. The van der Waals surface area contributed by atoms with Crippen molar-refractivity contribution >= 4 is 11.8 Å². The number of nitrogens with zero attached hydrogens (tertiary/aromatic N) is 1. The van der Waals surface area contributed by atoms with E-state index in [1.165, 1.54) is 0 Å². The molecule has 2 amide bonds. The number of nitrogens with two attached hydrogens (primary N) is 1. The van der Waals surface area contributed by atoms with Gasteiger partial charge in [-0.2, -0.15) is 0 Å². The summed E-state index contributed by atoms with van der Waals surface area (Å²) >= 11 is 0. The lowest BCUT2D eigenvalue weighted by Gasteiger charge is -2.42. The maximum atomic E-state index is 12.5. The molecule has 5 nitrogen and oxygen atoms in total. The van der Waals surface area contributed by atoms with Crippen molar-refractivity contribution < 1.29 is 14.7 Å². The first kappa shape index (κ1) is 14.3. The molecule has 3 N–H and O–H groups in total. The van der Waals surface area contributed by atoms with Crippen LogP contribution in [0, 0.1) is 10.8 Å². The lowest BCUT2D eigenvalue weighted by molar-refractivity contribution is -0.146. The van der Waals surface area contributed by atoms with Gasteiger partial charge < -0.3 is 15.7 Å². The highest BCUT2D eigenvalue weighted by molar-refractivity contribution is 6.07. The van der Waals surface area contributed by atoms with Gasteiger partial charge in [0.15, 0.2) is 0 Å². The maximum Gasteiger partial charge on any atom is 0.238 e. The van der Waals surface area contributed by atoms with E-state index >= 15 is 0 Å². The summed E-state index contributed by atoms with van der Waals surface area (Å²) < 4.78 is 0. The van der Waals surface area contributed by atoms with Gasteiger partial charge >= 0.3 is 0 Å². The van der Waals surface area contributed by atoms with Crippen LogP contribution in [0.5, 0.6) is 0 Å². The fourth-order valence-electron chi connectivity index (χ4n) is 3.32. The Labute approximate surface area is 114 Å². The van der Waals surface area contributed by atoms with Crippen molar-refractivity contribution in [1.82, 2.24) is 4.90 Å². The molecule has 1 aliphatic carbocycles. The number of carbonyl (C=O) groups is 2. The summed E-state index contributed by atoms with van der Waals surface area (Å²) in [6, 6.07) is 0. The number of likely N-dealkylation sites (tertiary alicyclic amines) is 1. The van der Waals surface area contributed by atoms with Gasteiger partial charge in [0.25, 0.3) is 0 Å². The Morgan fingerprint density at radius 1 is 1.32 bits per heavy atom. The van der Waals surface area contributed by atoms with Crippen LogP contribution in [0.3, 0.4) is 0 Å². The van der Waals surface area contributed by atoms with Crippen LogP contribution in [-0.2, 0) is 9.59 Å². The summed E-state index contributed by atoms with van der Waals surface area (Å²) in [7, 11) is 0. The first-order valence-corrected chi connectivity index (χ1v) is 7.20. The van der Waals surface area contributed by atoms with E-state index in [1.807, 2.05) is 0 Å². The van der Waals surface area contributed by atoms with Gasteiger partial charge in [0.1, 0.15) is 5.41 Å². The first-order valence-electron chi connectivity index (χ1n) is 7.20. The molecule has 1 saturated heterocycles. The highest BCUT2D eigenvalue weighted by Crippen LogP contribution is 2.48. The highest BCUT2D eigenvalue weighted by atomic mass is 16.3. The highest BCUT2D eigenvalue weighted by Gasteiger charge is 2.57. The summed E-state index contributed by atoms with van der Waals surface area (Å²) in [6.45, 7) is 3.43. The third kappa shape index (κ3) is 2.48. The largest absolute Gasteiger partial charge is 0.396 e. The number of hydrogen-bond acceptors (Lipinski definition) is 3. The molecule has 1 heterocycles. The molecule has 5 heteroatoms. The second kappa shape index (κ2) is 5.12. The van der Waals surface area contributed by atoms with Crippen LogP contribution in [-0.4, -0.2) is 41.5 Å². The molecule has 2 fully saturated rings. The molecular weight excluding hydrogens is 244 g/mol. The molecule has 2 aliphatic rings. The van der Waals surface area contributed by atoms with E-state index in [0.717, 1.165) is 25.7 Å². The van der Waals surface area contributed by atoms with Crippen molar-refractivity contribution in [2.45, 2.75) is 45.4 Å². The number of carbonyl (C=O) groups excluding carboxylic acids is 2. The van der Waals surface area contributed by atoms with Crippen LogP contribution in [0.15, 0.2) is 0 Å². The number of piperidine rings is 1. The summed E-state index contributed by atoms with van der Waals surface area (Å²) in [4.78, 5) is 25.7. The Morgan fingerprint density at radius 3 is 2.47 bits per heavy atom. The molecule has 19 heavy (non-hydrogen) atoms. The predicted molar refractivity (Wildman–Crippen MR) is 71.1 cm³/mol. The average Bonchev–Trinajstić information content (AvgIpc) is 3.20. The molecular formula is C14H24N2O3. The van der Waals surface area contributed by atoms with Gasteiger partial charge in [0.2, 0.25) is 11.8 Å². The normalized spacial score (nSPS) is 29.1. The maximum absolute atomic E-state index is 12.5. The number of aliphatic hydroxyl groups is 1. The number of rotatable bonds is 5. The molecule has 108 valence electrons. The Kier molecular flexibility index (Phi) is 3.85. The fraction of sp³-hybridized carbons (Fsp3) is 0.857. The van der Waals surface area contributed by atoms with Gasteiger partial charge in [0.05, 0.1) is 6.61 Å². The number of amides is 2. The zero-order valence-electron chi connectivity index (χ0n) is 11.7. The minimum atomic E-state index is -0.926. The van der Waals surface area contributed by atoms with Crippen LogP contribution in [0.25, 0.3) is 0 Å². The standard InChI is InChI=1S/C14H24N2O3/c1-2-4-13(10-17)5-3-8-16(9-13)12(19)14(6-7-14)11(15)18/h17H,2-10H2,1H3,(H2,15,18). The van der Waals surface area contributed by atoms with E-state index < -0.39 is 11.3 Å². The fourth-order valence-corrected chi connectivity index (χ4v) is 3.32. The lowest BCUT2D eigenvalue weighted by atomic mass is 9.76. The Morgan fingerprint density at radius 2 is 2.00 bits per heavy atom. The Balaban J connectivity index is 2.09. The zero-order valence-corrected chi connectivity index (χ0v) is 11.7. The smallest absolute Gasteiger partial charge is 0.238 e. The Hall–Kier alpha value is -1.10. The van der Waals surface area contributed by atoms with E-state index in [2.05, 4.69) is 6.92 Å². The van der Waals surface area contributed by atoms with Crippen molar-refractivity contribution in [3.8, 4) is 0 Å². The summed E-state index contributed by atoms with van der Waals surface area (Å²) in [5, 5.41) is 9.67. The van der Waals surface area contributed by atoms with Crippen molar-refractivity contribution in [1.29, 1.82) is 0 Å². The molecule has 0 aromatic rings. The number of aliphatic hydroxyl groups excluding tert-OH is 1. The van der Waals surface area contributed by atoms with Crippen LogP contribution in [0.2, 0.25) is 0 Å². The molecule has 0 spiro atoms. The molecule has 2 rings (SSSR count). The van der Waals surface area contributed by atoms with Gasteiger partial charge in [-0.05, 0) is 32.1 Å². The van der Waals surface area contributed by atoms with Crippen molar-refractivity contribution in [2.24, 2.45) is 16.6 Å². The third-order valence-electron chi connectivity index (χ3n) is 4.70. The molecule has 0 aromatic carbocycles. The Bertz CT molecular complexity index is 375. The minimum absolute atomic E-state index is 0.105. The second-order valence-corrected chi connectivity index (χ2v) is 6.18. The molecule has 1 aliphatic heterocycles. The summed E-state index contributed by atoms with van der Waals surface area (Å²) in [6.07, 6.45) is 4.90. The summed E-state index contributed by atoms with van der Waals surface area (Å²) in [5.41, 5.74) is 4.25. The zero-order chi connectivity index (χ0) is 14.1. The van der Waals surface area contributed by atoms with Gasteiger partial charge in [0, 0.05) is 18.5 Å². The van der Waals surface area contributed by atoms with E-state index in [4.69, 9.17) is 5.73 Å². The van der Waals surface area contributed by atoms with Gasteiger partial charge in [-0.1, -0.05) is 13.3 Å². The van der Waals surface area contributed by atoms with E-state index in [9.17, 15) is 14.7 Å². The molecule has 1 atom stereocenters. The summed E-state index contributed by atoms with van der Waals surface area (Å²) in [5.74, 6) is -0.609. The van der Waals surface area contributed by atoms with E-state index in [1.54, 1.807) is 4.90 Å². The van der Waals surface area contributed by atoms with Gasteiger partial charge in [-0.25, -0.2) is 0 Å².